The van der Waals surface area contributed by atoms with Gasteiger partial charge in [0.25, 0.3) is 0 Å². The third kappa shape index (κ3) is 5.52. The summed E-state index contributed by atoms with van der Waals surface area (Å²) in [5, 5.41) is 2.37. The summed E-state index contributed by atoms with van der Waals surface area (Å²) >= 11 is 2.01. The summed E-state index contributed by atoms with van der Waals surface area (Å²) in [4.78, 5) is 21.0. The molecule has 0 aliphatic carbocycles. The summed E-state index contributed by atoms with van der Waals surface area (Å²) in [6.07, 6.45) is 3.91. The third-order valence-corrected chi connectivity index (χ3v) is 4.55. The molecule has 0 unspecified atom stereocenters. The molecule has 7 heteroatoms. The van der Waals surface area contributed by atoms with Crippen LogP contribution in [0.2, 0.25) is 0 Å². The van der Waals surface area contributed by atoms with Crippen LogP contribution in [0.15, 0.2) is 41.4 Å². The first-order valence-corrected chi connectivity index (χ1v) is 8.21. The van der Waals surface area contributed by atoms with E-state index in [0.29, 0.717) is 4.90 Å². The maximum absolute atomic E-state index is 11.0. The number of nitrogens with one attached hydrogen (secondary N) is 1. The van der Waals surface area contributed by atoms with Gasteiger partial charge in [0, 0.05) is 16.0 Å². The molecule has 1 amide bonds. The Hall–Kier alpha value is -1.22. The van der Waals surface area contributed by atoms with Crippen LogP contribution >= 0.6 is 22.6 Å². The maximum Gasteiger partial charge on any atom is 0.231 e. The Morgan fingerprint density at radius 1 is 1.21 bits per heavy atom. The number of ketones is 1. The first kappa shape index (κ1) is 15.8. The van der Waals surface area contributed by atoms with Gasteiger partial charge in [-0.05, 0) is 40.8 Å². The highest BCUT2D eigenvalue weighted by atomic mass is 127. The largest absolute Gasteiger partial charge is 0.332 e. The van der Waals surface area contributed by atoms with E-state index in [2.05, 4.69) is 5.32 Å². The summed E-state index contributed by atoms with van der Waals surface area (Å²) in [6, 6.07) is 6.92. The van der Waals surface area contributed by atoms with E-state index in [1.54, 1.807) is 18.2 Å². The molecule has 0 aromatic heterocycles. The number of hydrogen-bond donors (Lipinski definition) is 1. The van der Waals surface area contributed by atoms with E-state index in [0.717, 1.165) is 3.57 Å². The average molecular weight is 393 g/mol. The topological polar surface area (TPSA) is 80.3 Å². The monoisotopic (exact) mass is 393 g/mol. The Morgan fingerprint density at radius 2 is 1.84 bits per heavy atom. The fourth-order valence-electron chi connectivity index (χ4n) is 1.24. The van der Waals surface area contributed by atoms with Crippen molar-refractivity contribution in [3.05, 3.63) is 40.1 Å². The minimum absolute atomic E-state index is 0.00347. The van der Waals surface area contributed by atoms with Crippen molar-refractivity contribution in [3.8, 4) is 0 Å². The van der Waals surface area contributed by atoms with Crippen LogP contribution in [0.3, 0.4) is 0 Å². The van der Waals surface area contributed by atoms with Gasteiger partial charge >= 0.3 is 0 Å². The number of carbonyl (C=O) groups excluding carboxylic acids is 2. The van der Waals surface area contributed by atoms with Gasteiger partial charge in [-0.3, -0.25) is 9.59 Å². The minimum Gasteiger partial charge on any atom is -0.332 e. The van der Waals surface area contributed by atoms with E-state index in [9.17, 15) is 18.0 Å². The highest BCUT2D eigenvalue weighted by Crippen LogP contribution is 2.16. The van der Waals surface area contributed by atoms with Crippen LogP contribution in [0, 0.1) is 3.57 Å². The fraction of sp³-hybridized carbons (Fsp3) is 0.167. The van der Waals surface area contributed by atoms with Gasteiger partial charge in [-0.15, -0.1) is 0 Å². The SMILES string of the molecule is CS(=O)(=O)c1ccccc1I.O=C1C=CNC(=O)C1. The van der Waals surface area contributed by atoms with Gasteiger partial charge in [0.05, 0.1) is 11.3 Å². The van der Waals surface area contributed by atoms with Crippen molar-refractivity contribution in [2.75, 3.05) is 6.26 Å². The molecule has 102 valence electrons. The molecule has 1 aliphatic rings. The number of allylic oxidation sites excluding steroid dienone is 1. The summed E-state index contributed by atoms with van der Waals surface area (Å²) in [7, 11) is -3.04. The first-order chi connectivity index (χ1) is 8.80. The predicted molar refractivity (Wildman–Crippen MR) is 79.2 cm³/mol. The molecular formula is C12H12INO4S. The molecule has 1 aliphatic heterocycles. The highest BCUT2D eigenvalue weighted by molar-refractivity contribution is 14.1. The van der Waals surface area contributed by atoms with E-state index in [4.69, 9.17) is 0 Å². The molecule has 0 saturated carbocycles. The molecule has 1 heterocycles. The Labute approximate surface area is 125 Å². The molecule has 0 bridgehead atoms. The summed E-state index contributed by atoms with van der Waals surface area (Å²) in [5.41, 5.74) is 0. The molecule has 19 heavy (non-hydrogen) atoms. The predicted octanol–water partition coefficient (Wildman–Crippen LogP) is 1.28. The lowest BCUT2D eigenvalue weighted by Crippen LogP contribution is -2.24. The van der Waals surface area contributed by atoms with Gasteiger partial charge in [-0.25, -0.2) is 8.42 Å². The van der Waals surface area contributed by atoms with Crippen LogP contribution in [0.5, 0.6) is 0 Å². The van der Waals surface area contributed by atoms with Crippen molar-refractivity contribution in [2.45, 2.75) is 11.3 Å². The van der Waals surface area contributed by atoms with Crippen LogP contribution < -0.4 is 5.32 Å². The molecular weight excluding hydrogens is 381 g/mol. The Balaban J connectivity index is 0.000000200. The molecule has 2 rings (SSSR count). The second-order valence-electron chi connectivity index (χ2n) is 3.75. The summed E-state index contributed by atoms with van der Waals surface area (Å²) in [6.45, 7) is 0. The normalized spacial score (nSPS) is 14.4. The van der Waals surface area contributed by atoms with Crippen LogP contribution in [-0.4, -0.2) is 26.4 Å². The average Bonchev–Trinajstić information content (AvgIpc) is 2.28. The van der Waals surface area contributed by atoms with Gasteiger partial charge in [0.2, 0.25) is 5.91 Å². The maximum atomic E-state index is 11.0. The number of carbonyl (C=O) groups is 2. The number of amides is 1. The molecule has 1 N–H and O–H groups in total. The summed E-state index contributed by atoms with van der Waals surface area (Å²) < 4.78 is 22.9. The van der Waals surface area contributed by atoms with Gasteiger partial charge < -0.3 is 5.32 Å². The lowest BCUT2D eigenvalue weighted by atomic mass is 10.2. The molecule has 0 saturated heterocycles. The Morgan fingerprint density at radius 3 is 2.21 bits per heavy atom. The second-order valence-corrected chi connectivity index (χ2v) is 6.89. The smallest absolute Gasteiger partial charge is 0.231 e. The Bertz CT molecular complexity index is 622. The zero-order valence-corrected chi connectivity index (χ0v) is 13.1. The van der Waals surface area contributed by atoms with E-state index in [1.165, 1.54) is 18.5 Å². The quantitative estimate of drug-likeness (QED) is 0.576. The van der Waals surface area contributed by atoms with Crippen LogP contribution in [-0.2, 0) is 19.4 Å². The molecule has 0 spiro atoms. The summed E-state index contributed by atoms with van der Waals surface area (Å²) in [5.74, 6) is -0.355. The lowest BCUT2D eigenvalue weighted by Gasteiger charge is -2.00. The molecule has 1 aromatic carbocycles. The number of rotatable bonds is 1. The third-order valence-electron chi connectivity index (χ3n) is 2.08. The Kier molecular flexibility index (Phi) is 5.67. The van der Waals surface area contributed by atoms with Crippen molar-refractivity contribution in [3.63, 3.8) is 0 Å². The van der Waals surface area contributed by atoms with Crippen molar-refractivity contribution >= 4 is 44.1 Å². The molecule has 0 atom stereocenters. The van der Waals surface area contributed by atoms with E-state index >= 15 is 0 Å². The minimum atomic E-state index is -3.04. The first-order valence-electron chi connectivity index (χ1n) is 5.24. The lowest BCUT2D eigenvalue weighted by molar-refractivity contribution is -0.126. The van der Waals surface area contributed by atoms with Gasteiger partial charge in [-0.2, -0.15) is 0 Å². The number of halogens is 1. The molecule has 0 fully saturated rings. The van der Waals surface area contributed by atoms with Gasteiger partial charge in [-0.1, -0.05) is 12.1 Å². The highest BCUT2D eigenvalue weighted by Gasteiger charge is 2.09. The standard InChI is InChI=1S/C7H7IO2S.C5H5NO2/c1-11(9,10)7-5-3-2-4-6(7)8;7-4-1-2-6-5(8)3-4/h2-5H,1H3;1-2H,3H2,(H,6,8). The molecule has 5 nitrogen and oxygen atoms in total. The molecule has 0 radical (unpaired) electrons. The number of benzene rings is 1. The molecule has 1 aromatic rings. The van der Waals surface area contributed by atoms with Crippen molar-refractivity contribution in [1.29, 1.82) is 0 Å². The van der Waals surface area contributed by atoms with Gasteiger partial charge in [0.1, 0.15) is 0 Å². The second kappa shape index (κ2) is 6.80. The zero-order chi connectivity index (χ0) is 14.5. The van der Waals surface area contributed by atoms with Crippen molar-refractivity contribution < 1.29 is 18.0 Å². The van der Waals surface area contributed by atoms with E-state index in [1.807, 2.05) is 28.7 Å². The number of hydrogen-bond acceptors (Lipinski definition) is 4. The van der Waals surface area contributed by atoms with Crippen LogP contribution in [0.4, 0.5) is 0 Å². The van der Waals surface area contributed by atoms with Crippen LogP contribution in [0.25, 0.3) is 0 Å². The number of sulfone groups is 1. The van der Waals surface area contributed by atoms with Crippen molar-refractivity contribution in [1.82, 2.24) is 5.32 Å². The fourth-order valence-corrected chi connectivity index (χ4v) is 3.58. The van der Waals surface area contributed by atoms with Crippen molar-refractivity contribution in [2.24, 2.45) is 0 Å². The van der Waals surface area contributed by atoms with Gasteiger partial charge in [0.15, 0.2) is 15.6 Å². The van der Waals surface area contributed by atoms with E-state index in [-0.39, 0.29) is 18.1 Å². The zero-order valence-electron chi connectivity index (χ0n) is 10.1. The van der Waals surface area contributed by atoms with Crippen LogP contribution in [0.1, 0.15) is 6.42 Å². The van der Waals surface area contributed by atoms with E-state index < -0.39 is 9.84 Å².